The normalized spacial score (nSPS) is 11.4. The van der Waals surface area contributed by atoms with E-state index in [0.29, 0.717) is 34.1 Å². The summed E-state index contributed by atoms with van der Waals surface area (Å²) in [5.41, 5.74) is 2.06. The molecule has 162 valence electrons. The number of aryl methyl sites for hydroxylation is 1. The zero-order chi connectivity index (χ0) is 22.8. The van der Waals surface area contributed by atoms with Gasteiger partial charge >= 0.3 is 0 Å². The van der Waals surface area contributed by atoms with Crippen LogP contribution in [0, 0.1) is 6.92 Å². The summed E-state index contributed by atoms with van der Waals surface area (Å²) >= 11 is 16.7. The number of fused-ring (bicyclic) bond motifs is 1. The summed E-state index contributed by atoms with van der Waals surface area (Å²) in [5, 5.41) is 5.52. The van der Waals surface area contributed by atoms with Gasteiger partial charge in [0, 0.05) is 15.1 Å². The molecule has 0 aliphatic carbocycles. The summed E-state index contributed by atoms with van der Waals surface area (Å²) < 4.78 is 9.54. The van der Waals surface area contributed by atoms with Crippen LogP contribution in [0.3, 0.4) is 0 Å². The van der Waals surface area contributed by atoms with Gasteiger partial charge in [-0.1, -0.05) is 45.7 Å². The maximum absolute atomic E-state index is 12.9. The van der Waals surface area contributed by atoms with Crippen LogP contribution in [-0.4, -0.2) is 15.9 Å². The number of rotatable bonds is 5. The molecule has 5 nitrogen and oxygen atoms in total. The van der Waals surface area contributed by atoms with Gasteiger partial charge in [-0.25, -0.2) is 4.98 Å². The van der Waals surface area contributed by atoms with Crippen molar-refractivity contribution in [3.05, 3.63) is 100 Å². The van der Waals surface area contributed by atoms with Crippen molar-refractivity contribution in [1.29, 1.82) is 0 Å². The minimum Gasteiger partial charge on any atom is -0.486 e. The molecule has 0 bridgehead atoms. The van der Waals surface area contributed by atoms with Crippen molar-refractivity contribution in [3.63, 3.8) is 0 Å². The van der Waals surface area contributed by atoms with Crippen LogP contribution in [0.5, 0.6) is 5.75 Å². The zero-order valence-electron chi connectivity index (χ0n) is 16.7. The Labute approximate surface area is 214 Å². The van der Waals surface area contributed by atoms with Crippen molar-refractivity contribution in [2.45, 2.75) is 13.5 Å². The molecule has 0 spiro atoms. The van der Waals surface area contributed by atoms with Gasteiger partial charge in [0.05, 0.1) is 26.1 Å². The first-order chi connectivity index (χ1) is 15.3. The molecule has 0 N–H and O–H groups in total. The molecule has 0 aliphatic heterocycles. The number of hydrogen-bond donors (Lipinski definition) is 0. The minimum atomic E-state index is -0.233. The highest BCUT2D eigenvalue weighted by atomic mass is 79.9. The quantitative estimate of drug-likeness (QED) is 0.219. The van der Waals surface area contributed by atoms with Crippen molar-refractivity contribution in [2.75, 3.05) is 0 Å². The fourth-order valence-corrected chi connectivity index (χ4v) is 5.08. The van der Waals surface area contributed by atoms with Crippen molar-refractivity contribution in [3.8, 4) is 5.75 Å². The van der Waals surface area contributed by atoms with Crippen molar-refractivity contribution in [2.24, 2.45) is 5.10 Å². The van der Waals surface area contributed by atoms with Crippen LogP contribution >= 0.6 is 59.4 Å². The van der Waals surface area contributed by atoms with E-state index in [1.165, 1.54) is 4.68 Å². The minimum absolute atomic E-state index is 0.233. The lowest BCUT2D eigenvalue weighted by Crippen LogP contribution is -2.20. The summed E-state index contributed by atoms with van der Waals surface area (Å²) in [7, 11) is 0. The van der Waals surface area contributed by atoms with Crippen LogP contribution in [0.25, 0.3) is 10.9 Å². The molecule has 1 heterocycles. The predicted molar refractivity (Wildman–Crippen MR) is 139 cm³/mol. The van der Waals surface area contributed by atoms with Crippen molar-refractivity contribution < 1.29 is 4.74 Å². The summed E-state index contributed by atoms with van der Waals surface area (Å²) in [6.45, 7) is 2.08. The second kappa shape index (κ2) is 9.87. The van der Waals surface area contributed by atoms with Gasteiger partial charge in [-0.3, -0.25) is 4.79 Å². The Kier molecular flexibility index (Phi) is 7.14. The average molecular weight is 641 g/mol. The van der Waals surface area contributed by atoms with Gasteiger partial charge in [0.1, 0.15) is 18.2 Å². The fourth-order valence-electron chi connectivity index (χ4n) is 3.08. The topological polar surface area (TPSA) is 56.5 Å². The lowest BCUT2D eigenvalue weighted by atomic mass is 10.2. The molecule has 0 unspecified atom stereocenters. The first kappa shape index (κ1) is 23.2. The van der Waals surface area contributed by atoms with Gasteiger partial charge < -0.3 is 4.74 Å². The third-order valence-corrected chi connectivity index (χ3v) is 6.68. The van der Waals surface area contributed by atoms with Crippen molar-refractivity contribution in [1.82, 2.24) is 9.66 Å². The van der Waals surface area contributed by atoms with Gasteiger partial charge in [0.2, 0.25) is 0 Å². The second-order valence-electron chi connectivity index (χ2n) is 6.88. The molecular formula is C23H15Br3ClN3O2. The van der Waals surface area contributed by atoms with Crippen LogP contribution in [0.4, 0.5) is 0 Å². The summed E-state index contributed by atoms with van der Waals surface area (Å²) in [4.78, 5) is 17.4. The summed E-state index contributed by atoms with van der Waals surface area (Å²) in [5.74, 6) is 1.14. The number of ether oxygens (including phenoxy) is 1. The average Bonchev–Trinajstić information content (AvgIpc) is 2.75. The molecule has 32 heavy (non-hydrogen) atoms. The molecule has 0 saturated heterocycles. The van der Waals surface area contributed by atoms with E-state index in [1.807, 2.05) is 42.5 Å². The highest BCUT2D eigenvalue weighted by Gasteiger charge is 2.11. The Balaban J connectivity index is 1.62. The Morgan fingerprint density at radius 2 is 1.81 bits per heavy atom. The van der Waals surface area contributed by atoms with Gasteiger partial charge in [-0.05, 0) is 80.7 Å². The molecule has 3 aromatic carbocycles. The van der Waals surface area contributed by atoms with E-state index in [9.17, 15) is 4.79 Å². The van der Waals surface area contributed by atoms with Crippen molar-refractivity contribution >= 4 is 76.5 Å². The van der Waals surface area contributed by atoms with E-state index in [0.717, 1.165) is 24.5 Å². The molecule has 0 atom stereocenters. The molecule has 1 aromatic heterocycles. The number of nitrogens with zero attached hydrogens (tertiary/aromatic N) is 3. The Bertz CT molecular complexity index is 1400. The second-order valence-corrected chi connectivity index (χ2v) is 9.91. The predicted octanol–water partition coefficient (Wildman–Crippen LogP) is 7.11. The Morgan fingerprint density at radius 3 is 2.53 bits per heavy atom. The summed E-state index contributed by atoms with van der Waals surface area (Å²) in [6, 6.07) is 16.7. The van der Waals surface area contributed by atoms with E-state index in [-0.39, 0.29) is 5.56 Å². The van der Waals surface area contributed by atoms with Gasteiger partial charge in [-0.2, -0.15) is 9.78 Å². The van der Waals surface area contributed by atoms with Crippen LogP contribution in [-0.2, 0) is 6.61 Å². The van der Waals surface area contributed by atoms with E-state index in [4.69, 9.17) is 16.3 Å². The molecule has 0 aliphatic rings. The molecule has 0 saturated carbocycles. The zero-order valence-corrected chi connectivity index (χ0v) is 22.2. The molecule has 4 rings (SSSR count). The Morgan fingerprint density at radius 1 is 1.09 bits per heavy atom. The maximum Gasteiger partial charge on any atom is 0.282 e. The largest absolute Gasteiger partial charge is 0.486 e. The SMILES string of the molecule is Cc1nc2ccc(Br)cc2c(=O)n1N=Cc1cc(Br)c(OCc2ccccc2Cl)c(Br)c1. The maximum atomic E-state index is 12.9. The molecule has 0 fully saturated rings. The van der Waals surface area contributed by atoms with E-state index in [2.05, 4.69) is 57.9 Å². The van der Waals surface area contributed by atoms with Crippen LogP contribution in [0.15, 0.2) is 77.9 Å². The Hall–Kier alpha value is -2.00. The molecule has 0 amide bonds. The van der Waals surface area contributed by atoms with Gasteiger partial charge in [-0.15, -0.1) is 0 Å². The monoisotopic (exact) mass is 637 g/mol. The van der Waals surface area contributed by atoms with Crippen LogP contribution in [0.2, 0.25) is 5.02 Å². The highest BCUT2D eigenvalue weighted by molar-refractivity contribution is 9.11. The van der Waals surface area contributed by atoms with Crippen LogP contribution in [0.1, 0.15) is 17.0 Å². The first-order valence-electron chi connectivity index (χ1n) is 9.42. The lowest BCUT2D eigenvalue weighted by molar-refractivity contribution is 0.302. The molecule has 9 heteroatoms. The third kappa shape index (κ3) is 4.98. The smallest absolute Gasteiger partial charge is 0.282 e. The first-order valence-corrected chi connectivity index (χ1v) is 12.2. The molecule has 0 radical (unpaired) electrons. The number of halogens is 4. The highest BCUT2D eigenvalue weighted by Crippen LogP contribution is 2.35. The third-order valence-electron chi connectivity index (χ3n) is 4.64. The number of benzene rings is 3. The van der Waals surface area contributed by atoms with E-state index in [1.54, 1.807) is 25.3 Å². The number of aromatic nitrogens is 2. The van der Waals surface area contributed by atoms with Gasteiger partial charge in [0.15, 0.2) is 0 Å². The van der Waals surface area contributed by atoms with Gasteiger partial charge in [0.25, 0.3) is 5.56 Å². The summed E-state index contributed by atoms with van der Waals surface area (Å²) in [6.07, 6.45) is 1.60. The fraction of sp³-hybridized carbons (Fsp3) is 0.0870. The van der Waals surface area contributed by atoms with Crippen LogP contribution < -0.4 is 10.3 Å². The van der Waals surface area contributed by atoms with E-state index >= 15 is 0 Å². The number of hydrogen-bond acceptors (Lipinski definition) is 4. The standard InChI is InChI=1S/C23H15Br3ClN3O2/c1-13-29-21-7-6-16(24)10-17(21)23(31)30(13)28-11-14-8-18(25)22(19(26)9-14)32-12-15-4-2-3-5-20(15)27/h2-11H,12H2,1H3. The lowest BCUT2D eigenvalue weighted by Gasteiger charge is -2.12. The van der Waals surface area contributed by atoms with E-state index < -0.39 is 0 Å². The molecule has 4 aromatic rings. The molecular weight excluding hydrogens is 625 g/mol.